The number of carbonyl (C=O) groups excluding carboxylic acids is 1. The van der Waals surface area contributed by atoms with Crippen LogP contribution in [0.25, 0.3) is 11.0 Å². The van der Waals surface area contributed by atoms with E-state index in [1.165, 1.54) is 11.1 Å². The maximum Gasteiger partial charge on any atom is 0.254 e. The van der Waals surface area contributed by atoms with Gasteiger partial charge in [-0.05, 0) is 43.2 Å². The number of aryl methyl sites for hydroxylation is 2. The molecule has 2 aromatic carbocycles. The first-order chi connectivity index (χ1) is 17.0. The minimum absolute atomic E-state index is 0.0356. The number of fused-ring (bicyclic) bond motifs is 1. The molecule has 1 aliphatic heterocycles. The monoisotopic (exact) mass is 464 g/mol. The fourth-order valence-electron chi connectivity index (χ4n) is 4.55. The third kappa shape index (κ3) is 4.93. The van der Waals surface area contributed by atoms with Gasteiger partial charge in [-0.25, -0.2) is 9.67 Å². The van der Waals surface area contributed by atoms with Crippen LogP contribution in [0.2, 0.25) is 0 Å². The van der Waals surface area contributed by atoms with Gasteiger partial charge >= 0.3 is 0 Å². The summed E-state index contributed by atoms with van der Waals surface area (Å²) in [7, 11) is 0. The van der Waals surface area contributed by atoms with Crippen molar-refractivity contribution < 1.29 is 4.79 Å². The van der Waals surface area contributed by atoms with Crippen molar-refractivity contribution in [3.8, 4) is 6.07 Å². The highest BCUT2D eigenvalue weighted by Gasteiger charge is 2.25. The summed E-state index contributed by atoms with van der Waals surface area (Å²) in [4.78, 5) is 22.5. The zero-order chi connectivity index (χ0) is 24.4. The molecule has 5 rings (SSSR count). The number of nitrogens with zero attached hydrogens (tertiary/aromatic N) is 6. The fourth-order valence-corrected chi connectivity index (χ4v) is 4.55. The Morgan fingerprint density at radius 1 is 0.943 bits per heavy atom. The van der Waals surface area contributed by atoms with Gasteiger partial charge in [-0.2, -0.15) is 10.4 Å². The lowest BCUT2D eigenvalue weighted by Crippen LogP contribution is -2.48. The highest BCUT2D eigenvalue weighted by Crippen LogP contribution is 2.22. The first kappa shape index (κ1) is 22.8. The number of aromatic nitrogens is 3. The predicted octanol–water partition coefficient (Wildman–Crippen LogP) is 3.93. The van der Waals surface area contributed by atoms with Crippen LogP contribution in [0, 0.1) is 25.2 Å². The first-order valence-corrected chi connectivity index (χ1v) is 11.9. The average molecular weight is 465 g/mol. The van der Waals surface area contributed by atoms with Gasteiger partial charge in [-0.1, -0.05) is 42.0 Å². The minimum Gasteiger partial charge on any atom is -0.336 e. The van der Waals surface area contributed by atoms with Crippen molar-refractivity contribution in [2.45, 2.75) is 26.9 Å². The van der Waals surface area contributed by atoms with Crippen LogP contribution >= 0.6 is 0 Å². The van der Waals surface area contributed by atoms with Crippen molar-refractivity contribution in [2.24, 2.45) is 0 Å². The summed E-state index contributed by atoms with van der Waals surface area (Å²) < 4.78 is 1.87. The Balaban J connectivity index is 1.29. The van der Waals surface area contributed by atoms with Crippen LogP contribution in [0.15, 0.2) is 60.8 Å². The van der Waals surface area contributed by atoms with Gasteiger partial charge < -0.3 is 4.90 Å². The molecule has 3 heterocycles. The summed E-state index contributed by atoms with van der Waals surface area (Å²) in [6.07, 6.45) is 1.77. The molecule has 7 heteroatoms. The number of amides is 1. The average Bonchev–Trinajstić information content (AvgIpc) is 3.27. The van der Waals surface area contributed by atoms with Gasteiger partial charge in [-0.3, -0.25) is 9.69 Å². The van der Waals surface area contributed by atoms with E-state index in [9.17, 15) is 4.79 Å². The SMILES string of the molecule is Cc1ccc(Cn2ncc3c(C(=O)N4CCN(Cc5ccc(C#N)cc5)CC4)cc(C)nc32)cc1. The number of nitriles is 1. The maximum atomic E-state index is 13.5. The van der Waals surface area contributed by atoms with E-state index in [1.54, 1.807) is 6.20 Å². The molecule has 0 N–H and O–H groups in total. The number of piperazine rings is 1. The number of pyridine rings is 1. The van der Waals surface area contributed by atoms with Crippen molar-refractivity contribution >= 4 is 16.9 Å². The van der Waals surface area contributed by atoms with Gasteiger partial charge in [0, 0.05) is 38.4 Å². The van der Waals surface area contributed by atoms with E-state index in [1.807, 2.05) is 46.8 Å². The predicted molar refractivity (Wildman–Crippen MR) is 135 cm³/mol. The molecule has 7 nitrogen and oxygen atoms in total. The topological polar surface area (TPSA) is 78.0 Å². The lowest BCUT2D eigenvalue weighted by atomic mass is 10.1. The summed E-state index contributed by atoms with van der Waals surface area (Å²) in [6, 6.07) is 20.1. The van der Waals surface area contributed by atoms with E-state index in [0.29, 0.717) is 30.8 Å². The van der Waals surface area contributed by atoms with E-state index in [4.69, 9.17) is 10.2 Å². The number of hydrogen-bond acceptors (Lipinski definition) is 5. The van der Waals surface area contributed by atoms with Gasteiger partial charge in [0.05, 0.1) is 35.3 Å². The van der Waals surface area contributed by atoms with Crippen molar-refractivity contribution in [3.63, 3.8) is 0 Å². The molecule has 0 saturated carbocycles. The summed E-state index contributed by atoms with van der Waals surface area (Å²) >= 11 is 0. The Kier molecular flexibility index (Phi) is 6.30. The van der Waals surface area contributed by atoms with E-state index in [-0.39, 0.29) is 5.91 Å². The molecule has 0 radical (unpaired) electrons. The van der Waals surface area contributed by atoms with Crippen LogP contribution in [0.4, 0.5) is 0 Å². The third-order valence-electron chi connectivity index (χ3n) is 6.57. The quantitative estimate of drug-likeness (QED) is 0.447. The lowest BCUT2D eigenvalue weighted by Gasteiger charge is -2.35. The number of hydrogen-bond donors (Lipinski definition) is 0. The van der Waals surface area contributed by atoms with Gasteiger partial charge in [0.1, 0.15) is 0 Å². The van der Waals surface area contributed by atoms with Crippen LogP contribution in [-0.2, 0) is 13.1 Å². The smallest absolute Gasteiger partial charge is 0.254 e. The summed E-state index contributed by atoms with van der Waals surface area (Å²) in [5.74, 6) is 0.0356. The lowest BCUT2D eigenvalue weighted by molar-refractivity contribution is 0.0630. The molecule has 4 aromatic rings. The van der Waals surface area contributed by atoms with Gasteiger partial charge in [0.15, 0.2) is 5.65 Å². The van der Waals surface area contributed by atoms with E-state index in [2.05, 4.69) is 47.3 Å². The highest BCUT2D eigenvalue weighted by molar-refractivity contribution is 6.05. The Morgan fingerprint density at radius 3 is 2.29 bits per heavy atom. The number of rotatable bonds is 5. The van der Waals surface area contributed by atoms with Crippen LogP contribution in [0.1, 0.15) is 38.3 Å². The van der Waals surface area contributed by atoms with Crippen LogP contribution in [0.3, 0.4) is 0 Å². The molecule has 1 amide bonds. The molecule has 1 fully saturated rings. The Hall–Kier alpha value is -4.02. The summed E-state index contributed by atoms with van der Waals surface area (Å²) in [5.41, 5.74) is 6.44. The van der Waals surface area contributed by atoms with Crippen molar-refractivity contribution in [1.82, 2.24) is 24.6 Å². The second kappa shape index (κ2) is 9.69. The van der Waals surface area contributed by atoms with E-state index >= 15 is 0 Å². The van der Waals surface area contributed by atoms with E-state index in [0.717, 1.165) is 41.9 Å². The molecule has 2 aromatic heterocycles. The minimum atomic E-state index is 0.0356. The largest absolute Gasteiger partial charge is 0.336 e. The zero-order valence-corrected chi connectivity index (χ0v) is 20.1. The molecule has 1 saturated heterocycles. The molecule has 0 atom stereocenters. The summed E-state index contributed by atoms with van der Waals surface area (Å²) in [6.45, 7) is 8.40. The summed E-state index contributed by atoms with van der Waals surface area (Å²) in [5, 5.41) is 14.3. The normalized spacial score (nSPS) is 14.3. The third-order valence-corrected chi connectivity index (χ3v) is 6.57. The second-order valence-electron chi connectivity index (χ2n) is 9.21. The molecular formula is C28H28N6O. The molecule has 35 heavy (non-hydrogen) atoms. The zero-order valence-electron chi connectivity index (χ0n) is 20.1. The number of benzene rings is 2. The van der Waals surface area contributed by atoms with Gasteiger partial charge in [0.25, 0.3) is 5.91 Å². The molecule has 0 unspecified atom stereocenters. The Morgan fingerprint density at radius 2 is 1.60 bits per heavy atom. The molecule has 176 valence electrons. The molecule has 0 spiro atoms. The van der Waals surface area contributed by atoms with Crippen molar-refractivity contribution in [3.05, 3.63) is 94.3 Å². The van der Waals surface area contributed by atoms with Crippen LogP contribution in [0.5, 0.6) is 0 Å². The van der Waals surface area contributed by atoms with Gasteiger partial charge in [-0.15, -0.1) is 0 Å². The van der Waals surface area contributed by atoms with Gasteiger partial charge in [0.2, 0.25) is 0 Å². The number of carbonyl (C=O) groups is 1. The highest BCUT2D eigenvalue weighted by atomic mass is 16.2. The molecule has 0 aliphatic carbocycles. The molecule has 0 bridgehead atoms. The Labute approximate surface area is 205 Å². The van der Waals surface area contributed by atoms with E-state index < -0.39 is 0 Å². The standard InChI is InChI=1S/C28H28N6O/c1-20-3-5-24(6-4-20)19-34-27-26(17-30-34)25(15-21(2)31-27)28(35)33-13-11-32(12-14-33)18-23-9-7-22(16-29)8-10-23/h3-10,15,17H,11-14,18-19H2,1-2H3. The molecular weight excluding hydrogens is 436 g/mol. The van der Waals surface area contributed by atoms with Crippen molar-refractivity contribution in [2.75, 3.05) is 26.2 Å². The van der Waals surface area contributed by atoms with Crippen molar-refractivity contribution in [1.29, 1.82) is 5.26 Å². The Bertz CT molecular complexity index is 1390. The fraction of sp³-hybridized carbons (Fsp3) is 0.286. The molecule has 1 aliphatic rings. The maximum absolute atomic E-state index is 13.5. The second-order valence-corrected chi connectivity index (χ2v) is 9.21. The van der Waals surface area contributed by atoms with Crippen LogP contribution in [-0.4, -0.2) is 56.7 Å². The first-order valence-electron chi connectivity index (χ1n) is 11.9. The van der Waals surface area contributed by atoms with Crippen LogP contribution < -0.4 is 0 Å².